The fourth-order valence-corrected chi connectivity index (χ4v) is 4.11. The van der Waals surface area contributed by atoms with Gasteiger partial charge >= 0.3 is 11.9 Å². The van der Waals surface area contributed by atoms with Crippen LogP contribution in [0.4, 0.5) is 0 Å². The first-order chi connectivity index (χ1) is 13.5. The Kier molecular flexibility index (Phi) is 9.44. The molecule has 1 saturated heterocycles. The topological polar surface area (TPSA) is 81.1 Å². The molecule has 0 aromatic heterocycles. The lowest BCUT2D eigenvalue weighted by Crippen LogP contribution is -2.51. The van der Waals surface area contributed by atoms with E-state index in [1.54, 1.807) is 0 Å². The van der Waals surface area contributed by atoms with Gasteiger partial charge in [0.2, 0.25) is 0 Å². The largest absolute Gasteiger partial charge is 0.473 e. The molecule has 3 rings (SSSR count). The first-order valence-corrected chi connectivity index (χ1v) is 10.4. The van der Waals surface area contributed by atoms with Crippen LogP contribution in [0.1, 0.15) is 44.6 Å². The fourth-order valence-electron chi connectivity index (χ4n) is 4.11. The SMILES string of the molecule is CC1CCC(N2CCN(CCCc3ccccc3)CC2)CC1.O=C(O)C(=O)O. The van der Waals surface area contributed by atoms with Crippen molar-refractivity contribution >= 4 is 11.9 Å². The van der Waals surface area contributed by atoms with Crippen LogP contribution in [0.3, 0.4) is 0 Å². The maximum absolute atomic E-state index is 9.10. The number of carboxylic acids is 2. The zero-order chi connectivity index (χ0) is 20.4. The molecule has 1 aromatic rings. The Morgan fingerprint density at radius 2 is 1.50 bits per heavy atom. The molecular weight excluding hydrogens is 356 g/mol. The molecule has 0 amide bonds. The van der Waals surface area contributed by atoms with Crippen molar-refractivity contribution in [3.63, 3.8) is 0 Å². The third kappa shape index (κ3) is 7.98. The van der Waals surface area contributed by atoms with Gasteiger partial charge in [-0.1, -0.05) is 37.3 Å². The zero-order valence-electron chi connectivity index (χ0n) is 16.9. The Hall–Kier alpha value is -1.92. The number of hydrogen-bond donors (Lipinski definition) is 2. The molecule has 1 aliphatic carbocycles. The lowest BCUT2D eigenvalue weighted by Gasteiger charge is -2.41. The van der Waals surface area contributed by atoms with Crippen molar-refractivity contribution in [2.45, 2.75) is 51.5 Å². The summed E-state index contributed by atoms with van der Waals surface area (Å²) in [6.45, 7) is 8.84. The number of carboxylic acid groups (broad SMARTS) is 2. The van der Waals surface area contributed by atoms with Crippen LogP contribution in [0.15, 0.2) is 30.3 Å². The predicted molar refractivity (Wildman–Crippen MR) is 109 cm³/mol. The monoisotopic (exact) mass is 390 g/mol. The molecule has 2 fully saturated rings. The van der Waals surface area contributed by atoms with Crippen LogP contribution in [0.25, 0.3) is 0 Å². The van der Waals surface area contributed by atoms with E-state index in [1.807, 2.05) is 0 Å². The molecule has 0 unspecified atom stereocenters. The van der Waals surface area contributed by atoms with Crippen molar-refractivity contribution in [2.75, 3.05) is 32.7 Å². The normalized spacial score (nSPS) is 23.5. The molecule has 6 heteroatoms. The number of hydrogen-bond acceptors (Lipinski definition) is 4. The average Bonchev–Trinajstić information content (AvgIpc) is 2.70. The van der Waals surface area contributed by atoms with Gasteiger partial charge in [0.15, 0.2) is 0 Å². The first kappa shape index (κ1) is 22.4. The van der Waals surface area contributed by atoms with Gasteiger partial charge in [0.25, 0.3) is 0 Å². The first-order valence-electron chi connectivity index (χ1n) is 10.4. The van der Waals surface area contributed by atoms with Gasteiger partial charge < -0.3 is 15.1 Å². The second kappa shape index (κ2) is 11.8. The van der Waals surface area contributed by atoms with Crippen molar-refractivity contribution in [1.29, 1.82) is 0 Å². The second-order valence-corrected chi connectivity index (χ2v) is 7.99. The van der Waals surface area contributed by atoms with Gasteiger partial charge in [0.05, 0.1) is 0 Å². The molecule has 0 radical (unpaired) electrons. The zero-order valence-corrected chi connectivity index (χ0v) is 16.9. The molecule has 28 heavy (non-hydrogen) atoms. The summed E-state index contributed by atoms with van der Waals surface area (Å²) in [6.07, 6.45) is 8.29. The van der Waals surface area contributed by atoms with Gasteiger partial charge in [0, 0.05) is 32.2 Å². The summed E-state index contributed by atoms with van der Waals surface area (Å²) in [4.78, 5) is 23.6. The van der Waals surface area contributed by atoms with Crippen LogP contribution in [0, 0.1) is 5.92 Å². The Balaban J connectivity index is 0.000000409. The highest BCUT2D eigenvalue weighted by molar-refractivity contribution is 6.27. The molecule has 6 nitrogen and oxygen atoms in total. The highest BCUT2D eigenvalue weighted by atomic mass is 16.4. The smallest absolute Gasteiger partial charge is 0.414 e. The Labute approximate surface area is 168 Å². The predicted octanol–water partition coefficient (Wildman–Crippen LogP) is 2.97. The van der Waals surface area contributed by atoms with E-state index in [4.69, 9.17) is 19.8 Å². The van der Waals surface area contributed by atoms with E-state index >= 15 is 0 Å². The van der Waals surface area contributed by atoms with E-state index in [1.165, 1.54) is 76.8 Å². The summed E-state index contributed by atoms with van der Waals surface area (Å²) in [5.41, 5.74) is 1.48. The molecule has 2 aliphatic rings. The fraction of sp³-hybridized carbons (Fsp3) is 0.636. The molecule has 0 bridgehead atoms. The summed E-state index contributed by atoms with van der Waals surface area (Å²) < 4.78 is 0. The van der Waals surface area contributed by atoms with Gasteiger partial charge in [-0.2, -0.15) is 0 Å². The van der Waals surface area contributed by atoms with Gasteiger partial charge in [-0.05, 0) is 56.6 Å². The van der Waals surface area contributed by atoms with Crippen LogP contribution in [0.5, 0.6) is 0 Å². The van der Waals surface area contributed by atoms with Crippen molar-refractivity contribution in [2.24, 2.45) is 5.92 Å². The third-order valence-electron chi connectivity index (χ3n) is 5.87. The molecule has 2 N–H and O–H groups in total. The average molecular weight is 391 g/mol. The van der Waals surface area contributed by atoms with Crippen molar-refractivity contribution in [1.82, 2.24) is 9.80 Å². The summed E-state index contributed by atoms with van der Waals surface area (Å²) in [6, 6.07) is 11.8. The summed E-state index contributed by atoms with van der Waals surface area (Å²) in [5.74, 6) is -2.68. The maximum atomic E-state index is 9.10. The number of piperazine rings is 1. The van der Waals surface area contributed by atoms with Gasteiger partial charge in [-0.25, -0.2) is 9.59 Å². The number of rotatable bonds is 5. The number of carbonyl (C=O) groups is 2. The summed E-state index contributed by atoms with van der Waals surface area (Å²) in [5, 5.41) is 14.8. The van der Waals surface area contributed by atoms with Crippen LogP contribution >= 0.6 is 0 Å². The molecule has 156 valence electrons. The van der Waals surface area contributed by atoms with E-state index < -0.39 is 11.9 Å². The quantitative estimate of drug-likeness (QED) is 0.753. The molecule has 1 saturated carbocycles. The number of aryl methyl sites for hydroxylation is 1. The molecule has 0 spiro atoms. The van der Waals surface area contributed by atoms with E-state index in [0.29, 0.717) is 0 Å². The van der Waals surface area contributed by atoms with Crippen LogP contribution in [-0.4, -0.2) is 70.7 Å². The van der Waals surface area contributed by atoms with Gasteiger partial charge in [0.1, 0.15) is 0 Å². The third-order valence-corrected chi connectivity index (χ3v) is 5.87. The maximum Gasteiger partial charge on any atom is 0.414 e. The lowest BCUT2D eigenvalue weighted by atomic mass is 9.86. The van der Waals surface area contributed by atoms with E-state index in [-0.39, 0.29) is 0 Å². The van der Waals surface area contributed by atoms with Crippen LogP contribution in [0.2, 0.25) is 0 Å². The van der Waals surface area contributed by atoms with E-state index in [2.05, 4.69) is 47.1 Å². The number of nitrogens with zero attached hydrogens (tertiary/aromatic N) is 2. The highest BCUT2D eigenvalue weighted by Gasteiger charge is 2.26. The van der Waals surface area contributed by atoms with E-state index in [0.717, 1.165) is 12.0 Å². The van der Waals surface area contributed by atoms with Crippen molar-refractivity contribution in [3.05, 3.63) is 35.9 Å². The summed E-state index contributed by atoms with van der Waals surface area (Å²) >= 11 is 0. The van der Waals surface area contributed by atoms with Crippen LogP contribution in [-0.2, 0) is 16.0 Å². The standard InChI is InChI=1S/C20H32N2.C2H2O4/c1-18-9-11-20(12-10-18)22-16-14-21(15-17-22)13-5-8-19-6-3-2-4-7-19;3-1(4)2(5)6/h2-4,6-7,18,20H,5,8-17H2,1H3;(H,3,4)(H,5,6). The lowest BCUT2D eigenvalue weighted by molar-refractivity contribution is -0.159. The molecule has 1 aromatic carbocycles. The van der Waals surface area contributed by atoms with E-state index in [9.17, 15) is 0 Å². The minimum atomic E-state index is -1.82. The molecule has 1 heterocycles. The van der Waals surface area contributed by atoms with Crippen molar-refractivity contribution in [3.8, 4) is 0 Å². The summed E-state index contributed by atoms with van der Waals surface area (Å²) in [7, 11) is 0. The van der Waals surface area contributed by atoms with Crippen LogP contribution < -0.4 is 0 Å². The molecule has 0 atom stereocenters. The number of aliphatic carboxylic acids is 2. The van der Waals surface area contributed by atoms with Gasteiger partial charge in [-0.15, -0.1) is 0 Å². The highest BCUT2D eigenvalue weighted by Crippen LogP contribution is 2.27. The van der Waals surface area contributed by atoms with Crippen molar-refractivity contribution < 1.29 is 19.8 Å². The Morgan fingerprint density at radius 3 is 2.04 bits per heavy atom. The minimum absolute atomic E-state index is 0.891. The van der Waals surface area contributed by atoms with Gasteiger partial charge in [-0.3, -0.25) is 4.90 Å². The second-order valence-electron chi connectivity index (χ2n) is 7.99. The Morgan fingerprint density at radius 1 is 0.929 bits per heavy atom. The minimum Gasteiger partial charge on any atom is -0.473 e. The number of benzene rings is 1. The molecular formula is C22H34N2O4. The molecule has 1 aliphatic heterocycles. The Bertz CT molecular complexity index is 580.